The van der Waals surface area contributed by atoms with Gasteiger partial charge in [0.1, 0.15) is 5.82 Å². The van der Waals surface area contributed by atoms with Crippen molar-refractivity contribution in [2.75, 3.05) is 11.9 Å². The molecule has 1 aromatic rings. The summed E-state index contributed by atoms with van der Waals surface area (Å²) in [6.45, 7) is 3.29. The van der Waals surface area contributed by atoms with E-state index in [9.17, 15) is 9.18 Å². The van der Waals surface area contributed by atoms with Crippen LogP contribution in [0.2, 0.25) is 0 Å². The second kappa shape index (κ2) is 4.79. The van der Waals surface area contributed by atoms with E-state index in [1.54, 1.807) is 33.0 Å². The van der Waals surface area contributed by atoms with E-state index in [0.717, 1.165) is 0 Å². The lowest BCUT2D eigenvalue weighted by molar-refractivity contribution is -0.123. The van der Waals surface area contributed by atoms with Gasteiger partial charge in [0.25, 0.3) is 0 Å². The topological polar surface area (TPSA) is 46.3 Å². The molecule has 2 N–H and O–H groups in total. The van der Waals surface area contributed by atoms with E-state index in [2.05, 4.69) is 0 Å². The largest absolute Gasteiger partial charge is 0.392 e. The summed E-state index contributed by atoms with van der Waals surface area (Å²) in [7, 11) is 1.57. The molecule has 0 fully saturated rings. The molecule has 17 heavy (non-hydrogen) atoms. The van der Waals surface area contributed by atoms with Gasteiger partial charge in [-0.15, -0.1) is 0 Å². The quantitative estimate of drug-likeness (QED) is 0.840. The highest BCUT2D eigenvalue weighted by Gasteiger charge is 2.34. The van der Waals surface area contributed by atoms with Crippen LogP contribution in [0.1, 0.15) is 13.8 Å². The highest BCUT2D eigenvalue weighted by Crippen LogP contribution is 2.23. The van der Waals surface area contributed by atoms with Crippen molar-refractivity contribution in [3.05, 3.63) is 30.1 Å². The Kier molecular flexibility index (Phi) is 3.83. The molecule has 0 heterocycles. The fourth-order valence-corrected chi connectivity index (χ4v) is 1.41. The number of nitrogens with zero attached hydrogens (tertiary/aromatic N) is 1. The average Bonchev–Trinajstić information content (AvgIpc) is 2.26. The Morgan fingerprint density at radius 2 is 2.06 bits per heavy atom. The van der Waals surface area contributed by atoms with Crippen molar-refractivity contribution >= 4 is 28.8 Å². The van der Waals surface area contributed by atoms with Gasteiger partial charge >= 0.3 is 0 Å². The molecular weight excluding hydrogens is 239 g/mol. The molecule has 0 aromatic heterocycles. The Morgan fingerprint density at radius 3 is 2.53 bits per heavy atom. The maximum absolute atomic E-state index is 13.1. The van der Waals surface area contributed by atoms with Gasteiger partial charge in [-0.1, -0.05) is 18.3 Å². The summed E-state index contributed by atoms with van der Waals surface area (Å²) in [5, 5.41) is 0. The summed E-state index contributed by atoms with van der Waals surface area (Å²) in [5.41, 5.74) is 5.05. The lowest BCUT2D eigenvalue weighted by atomic mass is 9.91. The predicted molar refractivity (Wildman–Crippen MR) is 70.4 cm³/mol. The molecular formula is C12H15FN2OS. The van der Waals surface area contributed by atoms with Crippen LogP contribution in [0.4, 0.5) is 10.1 Å². The number of benzene rings is 1. The SMILES string of the molecule is CN(C(=O)C(C)(C)C(N)=S)c1cccc(F)c1. The van der Waals surface area contributed by atoms with Gasteiger partial charge in [-0.25, -0.2) is 4.39 Å². The van der Waals surface area contributed by atoms with Crippen molar-refractivity contribution < 1.29 is 9.18 Å². The standard InChI is InChI=1S/C12H15FN2OS/c1-12(2,10(14)17)11(16)15(3)9-6-4-5-8(13)7-9/h4-7H,1-3H3,(H2,14,17). The van der Waals surface area contributed by atoms with E-state index in [0.29, 0.717) is 5.69 Å². The van der Waals surface area contributed by atoms with Gasteiger partial charge in [-0.2, -0.15) is 0 Å². The van der Waals surface area contributed by atoms with Crippen molar-refractivity contribution in [2.24, 2.45) is 11.1 Å². The second-order valence-electron chi connectivity index (χ2n) is 4.33. The van der Waals surface area contributed by atoms with Crippen LogP contribution in [-0.4, -0.2) is 17.9 Å². The van der Waals surface area contributed by atoms with E-state index in [-0.39, 0.29) is 10.9 Å². The van der Waals surface area contributed by atoms with Gasteiger partial charge in [0, 0.05) is 12.7 Å². The zero-order valence-electron chi connectivity index (χ0n) is 10.0. The molecule has 5 heteroatoms. The van der Waals surface area contributed by atoms with Crippen LogP contribution in [0.25, 0.3) is 0 Å². The van der Waals surface area contributed by atoms with Gasteiger partial charge in [0.05, 0.1) is 10.4 Å². The van der Waals surface area contributed by atoms with Crippen molar-refractivity contribution in [3.63, 3.8) is 0 Å². The molecule has 1 amide bonds. The molecule has 0 saturated heterocycles. The van der Waals surface area contributed by atoms with Gasteiger partial charge in [0.15, 0.2) is 0 Å². The summed E-state index contributed by atoms with van der Waals surface area (Å²) in [6, 6.07) is 5.80. The number of hydrogen-bond acceptors (Lipinski definition) is 2. The maximum atomic E-state index is 13.1. The molecule has 0 atom stereocenters. The first kappa shape index (κ1) is 13.6. The van der Waals surface area contributed by atoms with E-state index >= 15 is 0 Å². The average molecular weight is 254 g/mol. The first-order valence-electron chi connectivity index (χ1n) is 5.10. The van der Waals surface area contributed by atoms with E-state index in [1.165, 1.54) is 17.0 Å². The normalized spacial score (nSPS) is 11.1. The molecule has 0 unspecified atom stereocenters. The Balaban J connectivity index is 3.02. The second-order valence-corrected chi connectivity index (χ2v) is 4.77. The molecule has 0 radical (unpaired) electrons. The molecule has 3 nitrogen and oxygen atoms in total. The minimum atomic E-state index is -0.948. The lowest BCUT2D eigenvalue weighted by Crippen LogP contribution is -2.45. The monoisotopic (exact) mass is 254 g/mol. The van der Waals surface area contributed by atoms with Crippen LogP contribution in [-0.2, 0) is 4.79 Å². The number of nitrogens with two attached hydrogens (primary N) is 1. The number of carbonyl (C=O) groups excluding carboxylic acids is 1. The van der Waals surface area contributed by atoms with Crippen LogP contribution in [0.3, 0.4) is 0 Å². The fourth-order valence-electron chi connectivity index (χ4n) is 1.33. The molecule has 1 rings (SSSR count). The molecule has 0 aliphatic rings. The first-order valence-corrected chi connectivity index (χ1v) is 5.51. The number of thiocarbonyl (C=S) groups is 1. The van der Waals surface area contributed by atoms with Gasteiger partial charge in [-0.05, 0) is 32.0 Å². The third-order valence-corrected chi connectivity index (χ3v) is 3.16. The number of amides is 1. The molecule has 0 spiro atoms. The van der Waals surface area contributed by atoms with Crippen molar-refractivity contribution in [3.8, 4) is 0 Å². The van der Waals surface area contributed by atoms with Crippen LogP contribution in [0, 0.1) is 11.2 Å². The van der Waals surface area contributed by atoms with Crippen LogP contribution < -0.4 is 10.6 Å². The first-order chi connectivity index (χ1) is 7.76. The van der Waals surface area contributed by atoms with Crippen molar-refractivity contribution in [1.82, 2.24) is 0 Å². The third kappa shape index (κ3) is 2.79. The molecule has 1 aromatic carbocycles. The molecule has 92 valence electrons. The van der Waals surface area contributed by atoms with Gasteiger partial charge in [-0.3, -0.25) is 4.79 Å². The minimum absolute atomic E-state index is 0.116. The summed E-state index contributed by atoms with van der Waals surface area (Å²) >= 11 is 4.86. The Hall–Kier alpha value is -1.49. The summed E-state index contributed by atoms with van der Waals surface area (Å²) in [4.78, 5) is 13.6. The molecule has 0 bridgehead atoms. The highest BCUT2D eigenvalue weighted by atomic mass is 32.1. The smallest absolute Gasteiger partial charge is 0.239 e. The molecule has 0 aliphatic carbocycles. The van der Waals surface area contributed by atoms with Crippen LogP contribution in [0.5, 0.6) is 0 Å². The van der Waals surface area contributed by atoms with Crippen molar-refractivity contribution in [2.45, 2.75) is 13.8 Å². The van der Waals surface area contributed by atoms with Crippen molar-refractivity contribution in [1.29, 1.82) is 0 Å². The number of halogens is 1. The zero-order valence-corrected chi connectivity index (χ0v) is 10.8. The van der Waals surface area contributed by atoms with Crippen LogP contribution >= 0.6 is 12.2 Å². The fraction of sp³-hybridized carbons (Fsp3) is 0.333. The maximum Gasteiger partial charge on any atom is 0.239 e. The number of carbonyl (C=O) groups is 1. The summed E-state index contributed by atoms with van der Waals surface area (Å²) < 4.78 is 13.1. The Labute approximate surface area is 105 Å². The zero-order chi connectivity index (χ0) is 13.2. The number of hydrogen-bond donors (Lipinski definition) is 1. The summed E-state index contributed by atoms with van der Waals surface area (Å²) in [6.07, 6.45) is 0. The van der Waals surface area contributed by atoms with E-state index in [1.807, 2.05) is 0 Å². The molecule has 0 aliphatic heterocycles. The number of rotatable bonds is 3. The Morgan fingerprint density at radius 1 is 1.47 bits per heavy atom. The minimum Gasteiger partial charge on any atom is -0.392 e. The van der Waals surface area contributed by atoms with E-state index < -0.39 is 11.2 Å². The number of anilines is 1. The predicted octanol–water partition coefficient (Wildman–Crippen LogP) is 2.10. The van der Waals surface area contributed by atoms with Gasteiger partial charge in [0.2, 0.25) is 5.91 Å². The highest BCUT2D eigenvalue weighted by molar-refractivity contribution is 7.80. The third-order valence-electron chi connectivity index (χ3n) is 2.65. The Bertz CT molecular complexity index is 460. The lowest BCUT2D eigenvalue weighted by Gasteiger charge is -2.28. The van der Waals surface area contributed by atoms with E-state index in [4.69, 9.17) is 18.0 Å². The van der Waals surface area contributed by atoms with Gasteiger partial charge < -0.3 is 10.6 Å². The molecule has 0 saturated carbocycles. The van der Waals surface area contributed by atoms with Crippen LogP contribution in [0.15, 0.2) is 24.3 Å². The summed E-state index contributed by atoms with van der Waals surface area (Å²) in [5.74, 6) is -0.661.